The van der Waals surface area contributed by atoms with Crippen molar-refractivity contribution in [2.24, 2.45) is 0 Å². The van der Waals surface area contributed by atoms with Crippen LogP contribution in [0.25, 0.3) is 0 Å². The minimum atomic E-state index is -1.14. The second-order valence-electron chi connectivity index (χ2n) is 7.58. The third-order valence-electron chi connectivity index (χ3n) is 5.34. The van der Waals surface area contributed by atoms with E-state index < -0.39 is 46.9 Å². The molecule has 3 aromatic rings. The van der Waals surface area contributed by atoms with Gasteiger partial charge in [0.1, 0.15) is 23.4 Å². The van der Waals surface area contributed by atoms with Crippen molar-refractivity contribution < 1.29 is 54.8 Å². The zero-order valence-electron chi connectivity index (χ0n) is 17.6. The summed E-state index contributed by atoms with van der Waals surface area (Å²) in [7, 11) is 1.25. The molecule has 0 aromatic heterocycles. The molecule has 0 spiro atoms. The van der Waals surface area contributed by atoms with Crippen LogP contribution in [0.5, 0.6) is 51.7 Å². The molecule has 0 radical (unpaired) electrons. The summed E-state index contributed by atoms with van der Waals surface area (Å²) in [6.45, 7) is 0. The van der Waals surface area contributed by atoms with Crippen LogP contribution >= 0.6 is 0 Å². The van der Waals surface area contributed by atoms with E-state index in [4.69, 9.17) is 14.2 Å². The monoisotopic (exact) mass is 472 g/mol. The number of hydrogen-bond donors (Lipinski definition) is 7. The van der Waals surface area contributed by atoms with E-state index in [0.29, 0.717) is 0 Å². The lowest BCUT2D eigenvalue weighted by Gasteiger charge is -2.34. The van der Waals surface area contributed by atoms with Crippen molar-refractivity contribution in [3.05, 3.63) is 53.1 Å². The molecule has 11 nitrogen and oxygen atoms in total. The van der Waals surface area contributed by atoms with Crippen LogP contribution in [0.2, 0.25) is 0 Å². The topological polar surface area (TPSA) is 186 Å². The standard InChI is InChI=1S/C23H20O11/c1-32-22-16(28)2-9(3-17(22)29)21-19(8-12-13(25)6-11(24)7-18(12)33-21)34-23(31)10-4-14(26)20(30)15(27)5-10/h2-7,19,21,24-30H,8H2,1H3/t19-,21+/m0/s1. The molecule has 34 heavy (non-hydrogen) atoms. The number of rotatable bonds is 4. The maximum Gasteiger partial charge on any atom is 0.338 e. The molecule has 0 bridgehead atoms. The van der Waals surface area contributed by atoms with Gasteiger partial charge < -0.3 is 50.0 Å². The zero-order valence-corrected chi connectivity index (χ0v) is 17.6. The number of carbonyl (C=O) groups is 1. The van der Waals surface area contributed by atoms with E-state index in [1.165, 1.54) is 25.3 Å². The highest BCUT2D eigenvalue weighted by molar-refractivity contribution is 5.91. The molecular weight excluding hydrogens is 452 g/mol. The molecule has 2 atom stereocenters. The number of fused-ring (bicyclic) bond motifs is 1. The van der Waals surface area contributed by atoms with Crippen molar-refractivity contribution in [2.75, 3.05) is 7.11 Å². The smallest absolute Gasteiger partial charge is 0.338 e. The largest absolute Gasteiger partial charge is 0.508 e. The number of ether oxygens (including phenoxy) is 3. The summed E-state index contributed by atoms with van der Waals surface area (Å²) in [5.41, 5.74) is 0.122. The fraction of sp³-hybridized carbons (Fsp3) is 0.174. The summed E-state index contributed by atoms with van der Waals surface area (Å²) >= 11 is 0. The highest BCUT2D eigenvalue weighted by Gasteiger charge is 2.37. The number of phenolic OH excluding ortho intramolecular Hbond substituents is 7. The van der Waals surface area contributed by atoms with Gasteiger partial charge in [-0.1, -0.05) is 0 Å². The van der Waals surface area contributed by atoms with Crippen LogP contribution in [0.1, 0.15) is 27.6 Å². The maximum atomic E-state index is 12.8. The fourth-order valence-corrected chi connectivity index (χ4v) is 3.75. The number of esters is 1. The third kappa shape index (κ3) is 3.94. The van der Waals surface area contributed by atoms with E-state index in [0.717, 1.165) is 18.2 Å². The first kappa shape index (κ1) is 22.5. The van der Waals surface area contributed by atoms with Gasteiger partial charge in [0, 0.05) is 29.7 Å². The quantitative estimate of drug-likeness (QED) is 0.218. The van der Waals surface area contributed by atoms with Crippen LogP contribution in [0, 0.1) is 0 Å². The van der Waals surface area contributed by atoms with Crippen LogP contribution in [-0.4, -0.2) is 54.9 Å². The molecule has 0 amide bonds. The van der Waals surface area contributed by atoms with Crippen molar-refractivity contribution in [3.8, 4) is 51.7 Å². The first-order chi connectivity index (χ1) is 16.1. The van der Waals surface area contributed by atoms with E-state index in [9.17, 15) is 40.5 Å². The molecule has 3 aromatic carbocycles. The van der Waals surface area contributed by atoms with Crippen molar-refractivity contribution in [1.82, 2.24) is 0 Å². The lowest BCUT2D eigenvalue weighted by Crippen LogP contribution is -2.34. The molecule has 1 aliphatic rings. The summed E-state index contributed by atoms with van der Waals surface area (Å²) in [6, 6.07) is 6.59. The minimum Gasteiger partial charge on any atom is -0.508 e. The molecule has 7 N–H and O–H groups in total. The molecule has 0 aliphatic carbocycles. The molecule has 1 heterocycles. The summed E-state index contributed by atoms with van der Waals surface area (Å²) in [4.78, 5) is 12.8. The van der Waals surface area contributed by atoms with Crippen molar-refractivity contribution in [2.45, 2.75) is 18.6 Å². The van der Waals surface area contributed by atoms with Crippen molar-refractivity contribution in [3.63, 3.8) is 0 Å². The van der Waals surface area contributed by atoms with Gasteiger partial charge in [-0.25, -0.2) is 4.79 Å². The van der Waals surface area contributed by atoms with E-state index in [2.05, 4.69) is 0 Å². The number of benzene rings is 3. The molecule has 0 unspecified atom stereocenters. The molecule has 0 saturated heterocycles. The normalized spacial score (nSPS) is 16.9. The Morgan fingerprint density at radius 1 is 0.853 bits per heavy atom. The molecular formula is C23H20O11. The van der Waals surface area contributed by atoms with Crippen molar-refractivity contribution in [1.29, 1.82) is 0 Å². The van der Waals surface area contributed by atoms with Gasteiger partial charge >= 0.3 is 5.97 Å². The SMILES string of the molecule is COc1c(O)cc([C@H]2Oc3cc(O)cc(O)c3C[C@@H]2OC(=O)c2cc(O)c(O)c(O)c2)cc1O. The predicted molar refractivity (Wildman–Crippen MR) is 114 cm³/mol. The second-order valence-corrected chi connectivity index (χ2v) is 7.58. The Hall–Kier alpha value is -4.67. The van der Waals surface area contributed by atoms with Gasteiger partial charge in [0.15, 0.2) is 34.9 Å². The van der Waals surface area contributed by atoms with Gasteiger partial charge in [0.2, 0.25) is 5.75 Å². The number of phenols is 7. The van der Waals surface area contributed by atoms with E-state index >= 15 is 0 Å². The Balaban J connectivity index is 1.75. The van der Waals surface area contributed by atoms with Crippen molar-refractivity contribution >= 4 is 5.97 Å². The van der Waals surface area contributed by atoms with Gasteiger partial charge in [-0.2, -0.15) is 0 Å². The highest BCUT2D eigenvalue weighted by Crippen LogP contribution is 2.46. The molecule has 4 rings (SSSR count). The summed E-state index contributed by atoms with van der Waals surface area (Å²) < 4.78 is 16.3. The first-order valence-electron chi connectivity index (χ1n) is 9.86. The Kier molecular flexibility index (Phi) is 5.53. The van der Waals surface area contributed by atoms with Crippen LogP contribution < -0.4 is 9.47 Å². The Bertz CT molecular complexity index is 1240. The summed E-state index contributed by atoms with van der Waals surface area (Å²) in [5.74, 6) is -4.81. The summed E-state index contributed by atoms with van der Waals surface area (Å²) in [6.07, 6.45) is -2.36. The number of methoxy groups -OCH3 is 1. The number of aromatic hydroxyl groups is 7. The van der Waals surface area contributed by atoms with Gasteiger partial charge in [-0.3, -0.25) is 0 Å². The highest BCUT2D eigenvalue weighted by atomic mass is 16.6. The zero-order chi connectivity index (χ0) is 24.7. The Morgan fingerprint density at radius 2 is 1.47 bits per heavy atom. The van der Waals surface area contributed by atoms with E-state index in [1.54, 1.807) is 0 Å². The second kappa shape index (κ2) is 8.35. The third-order valence-corrected chi connectivity index (χ3v) is 5.34. The lowest BCUT2D eigenvalue weighted by atomic mass is 9.93. The number of hydrogen-bond acceptors (Lipinski definition) is 11. The Morgan fingerprint density at radius 3 is 2.06 bits per heavy atom. The van der Waals surface area contributed by atoms with Gasteiger partial charge in [-0.05, 0) is 24.3 Å². The van der Waals surface area contributed by atoms with Crippen LogP contribution in [0.3, 0.4) is 0 Å². The summed E-state index contributed by atoms with van der Waals surface area (Å²) in [5, 5.41) is 69.4. The number of carbonyl (C=O) groups excluding carboxylic acids is 1. The maximum absolute atomic E-state index is 12.8. The van der Waals surface area contributed by atoms with E-state index in [-0.39, 0.29) is 46.1 Å². The molecule has 0 fully saturated rings. The van der Waals surface area contributed by atoms with Crippen LogP contribution in [0.4, 0.5) is 0 Å². The predicted octanol–water partition coefficient (Wildman–Crippen LogP) is 2.54. The average Bonchev–Trinajstić information content (AvgIpc) is 2.76. The lowest BCUT2D eigenvalue weighted by molar-refractivity contribution is -0.0189. The molecule has 178 valence electrons. The van der Waals surface area contributed by atoms with Gasteiger partial charge in [0.05, 0.1) is 12.7 Å². The van der Waals surface area contributed by atoms with E-state index in [1.807, 2.05) is 0 Å². The minimum absolute atomic E-state index is 0.0875. The molecule has 1 aliphatic heterocycles. The van der Waals surface area contributed by atoms with Gasteiger partial charge in [-0.15, -0.1) is 0 Å². The van der Waals surface area contributed by atoms with Gasteiger partial charge in [0.25, 0.3) is 0 Å². The average molecular weight is 472 g/mol. The first-order valence-corrected chi connectivity index (χ1v) is 9.86. The fourth-order valence-electron chi connectivity index (χ4n) is 3.75. The molecule has 11 heteroatoms. The van der Waals surface area contributed by atoms with Crippen LogP contribution in [-0.2, 0) is 11.2 Å². The Labute approximate surface area is 191 Å². The molecule has 0 saturated carbocycles. The van der Waals surface area contributed by atoms with Crippen LogP contribution in [0.15, 0.2) is 36.4 Å².